The van der Waals surface area contributed by atoms with Crippen molar-refractivity contribution in [2.24, 2.45) is 0 Å². The third kappa shape index (κ3) is 3.68. The number of carbonyl (C=O) groups excluding carboxylic acids is 1. The summed E-state index contributed by atoms with van der Waals surface area (Å²) in [6.45, 7) is 9.75. The standard InChI is InChI=1S/C21H31N5O/c1-3-24(4-2)21(27)18-15-16-9-10-19(23-20(16)22-18)26-13-11-25(12-14-26)17-7-5-6-8-17/h9-10,15,17H,3-8,11-14H2,1-2H3,(H,22,23). The minimum atomic E-state index is 0.0460. The molecule has 2 fully saturated rings. The highest BCUT2D eigenvalue weighted by Crippen LogP contribution is 2.26. The highest BCUT2D eigenvalue weighted by Gasteiger charge is 2.26. The molecule has 0 spiro atoms. The molecule has 0 aromatic carbocycles. The van der Waals surface area contributed by atoms with Crippen LogP contribution in [0.4, 0.5) is 5.82 Å². The quantitative estimate of drug-likeness (QED) is 0.880. The summed E-state index contributed by atoms with van der Waals surface area (Å²) < 4.78 is 0. The summed E-state index contributed by atoms with van der Waals surface area (Å²) in [4.78, 5) is 27.5. The van der Waals surface area contributed by atoms with Crippen LogP contribution in [0.5, 0.6) is 0 Å². The summed E-state index contributed by atoms with van der Waals surface area (Å²) in [5.74, 6) is 1.06. The summed E-state index contributed by atoms with van der Waals surface area (Å²) >= 11 is 0. The largest absolute Gasteiger partial charge is 0.354 e. The molecule has 0 unspecified atom stereocenters. The number of aromatic amines is 1. The van der Waals surface area contributed by atoms with Crippen molar-refractivity contribution in [3.63, 3.8) is 0 Å². The maximum atomic E-state index is 12.6. The van der Waals surface area contributed by atoms with E-state index in [1.807, 2.05) is 24.8 Å². The number of H-pyrrole nitrogens is 1. The zero-order chi connectivity index (χ0) is 18.8. The third-order valence-corrected chi connectivity index (χ3v) is 6.23. The number of piperazine rings is 1. The zero-order valence-electron chi connectivity index (χ0n) is 16.6. The molecule has 6 heteroatoms. The van der Waals surface area contributed by atoms with E-state index in [-0.39, 0.29) is 5.91 Å². The van der Waals surface area contributed by atoms with Gasteiger partial charge in [0.25, 0.3) is 5.91 Å². The van der Waals surface area contributed by atoms with Crippen LogP contribution in [0, 0.1) is 0 Å². The van der Waals surface area contributed by atoms with Crippen molar-refractivity contribution < 1.29 is 4.79 Å². The molecule has 4 rings (SSSR count). The number of hydrogen-bond donors (Lipinski definition) is 1. The van der Waals surface area contributed by atoms with E-state index >= 15 is 0 Å². The van der Waals surface area contributed by atoms with E-state index < -0.39 is 0 Å². The van der Waals surface area contributed by atoms with Crippen LogP contribution in [0.1, 0.15) is 50.0 Å². The van der Waals surface area contributed by atoms with Crippen LogP contribution in [-0.2, 0) is 0 Å². The molecule has 0 radical (unpaired) electrons. The van der Waals surface area contributed by atoms with Gasteiger partial charge in [-0.05, 0) is 44.9 Å². The first-order valence-electron chi connectivity index (χ1n) is 10.5. The fourth-order valence-electron chi connectivity index (χ4n) is 4.55. The molecule has 0 bridgehead atoms. The molecule has 2 aromatic heterocycles. The second-order valence-corrected chi connectivity index (χ2v) is 7.73. The van der Waals surface area contributed by atoms with Crippen molar-refractivity contribution in [2.45, 2.75) is 45.6 Å². The topological polar surface area (TPSA) is 55.5 Å². The van der Waals surface area contributed by atoms with E-state index in [9.17, 15) is 4.79 Å². The molecular formula is C21H31N5O. The van der Waals surface area contributed by atoms with Crippen molar-refractivity contribution in [3.8, 4) is 0 Å². The van der Waals surface area contributed by atoms with E-state index in [0.29, 0.717) is 18.8 Å². The van der Waals surface area contributed by atoms with Gasteiger partial charge in [0.2, 0.25) is 0 Å². The van der Waals surface area contributed by atoms with Crippen LogP contribution < -0.4 is 4.90 Å². The number of fused-ring (bicyclic) bond motifs is 1. The maximum Gasteiger partial charge on any atom is 0.270 e. The average Bonchev–Trinajstić information content (AvgIpc) is 3.38. The fourth-order valence-corrected chi connectivity index (χ4v) is 4.55. The Hall–Kier alpha value is -2.08. The van der Waals surface area contributed by atoms with Crippen LogP contribution in [0.2, 0.25) is 0 Å². The Morgan fingerprint density at radius 3 is 2.52 bits per heavy atom. The van der Waals surface area contributed by atoms with Crippen molar-refractivity contribution in [1.29, 1.82) is 0 Å². The lowest BCUT2D eigenvalue weighted by Gasteiger charge is -2.38. The van der Waals surface area contributed by atoms with Crippen LogP contribution in [0.3, 0.4) is 0 Å². The molecule has 1 N–H and O–H groups in total. The predicted octanol–water partition coefficient (Wildman–Crippen LogP) is 3.11. The first kappa shape index (κ1) is 18.3. The molecule has 146 valence electrons. The van der Waals surface area contributed by atoms with Gasteiger partial charge in [-0.15, -0.1) is 0 Å². The predicted molar refractivity (Wildman–Crippen MR) is 109 cm³/mol. The van der Waals surface area contributed by atoms with Gasteiger partial charge < -0.3 is 14.8 Å². The number of hydrogen-bond acceptors (Lipinski definition) is 4. The first-order valence-corrected chi connectivity index (χ1v) is 10.5. The lowest BCUT2D eigenvalue weighted by molar-refractivity contribution is 0.0768. The van der Waals surface area contributed by atoms with E-state index in [2.05, 4.69) is 26.9 Å². The van der Waals surface area contributed by atoms with Crippen molar-refractivity contribution >= 4 is 22.8 Å². The number of amides is 1. The summed E-state index contributed by atoms with van der Waals surface area (Å²) in [6, 6.07) is 6.90. The molecule has 2 aliphatic rings. The molecule has 0 atom stereocenters. The van der Waals surface area contributed by atoms with Gasteiger partial charge >= 0.3 is 0 Å². The van der Waals surface area contributed by atoms with Crippen LogP contribution in [0.15, 0.2) is 18.2 Å². The van der Waals surface area contributed by atoms with Gasteiger partial charge in [-0.3, -0.25) is 9.69 Å². The molecule has 6 nitrogen and oxygen atoms in total. The summed E-state index contributed by atoms with van der Waals surface area (Å²) in [7, 11) is 0. The van der Waals surface area contributed by atoms with Gasteiger partial charge in [-0.1, -0.05) is 12.8 Å². The Labute approximate surface area is 161 Å². The minimum Gasteiger partial charge on any atom is -0.354 e. The number of carbonyl (C=O) groups is 1. The Morgan fingerprint density at radius 1 is 1.15 bits per heavy atom. The number of rotatable bonds is 5. The summed E-state index contributed by atoms with van der Waals surface area (Å²) in [5.41, 5.74) is 1.44. The van der Waals surface area contributed by atoms with Crippen LogP contribution >= 0.6 is 0 Å². The normalized spacial score (nSPS) is 19.1. The fraction of sp³-hybridized carbons (Fsp3) is 0.619. The van der Waals surface area contributed by atoms with Crippen molar-refractivity contribution in [1.82, 2.24) is 19.8 Å². The van der Waals surface area contributed by atoms with Gasteiger partial charge in [0, 0.05) is 50.7 Å². The number of aromatic nitrogens is 2. The smallest absolute Gasteiger partial charge is 0.270 e. The highest BCUT2D eigenvalue weighted by atomic mass is 16.2. The van der Waals surface area contributed by atoms with Gasteiger partial charge in [-0.25, -0.2) is 4.98 Å². The number of pyridine rings is 1. The number of nitrogens with one attached hydrogen (secondary N) is 1. The first-order chi connectivity index (χ1) is 13.2. The van der Waals surface area contributed by atoms with E-state index in [0.717, 1.165) is 49.1 Å². The molecule has 3 heterocycles. The zero-order valence-corrected chi connectivity index (χ0v) is 16.6. The molecule has 1 amide bonds. The molecule has 2 aromatic rings. The second-order valence-electron chi connectivity index (χ2n) is 7.73. The number of anilines is 1. The summed E-state index contributed by atoms with van der Waals surface area (Å²) in [5, 5.41) is 0.999. The Bertz CT molecular complexity index is 783. The molecule has 1 aliphatic carbocycles. The SMILES string of the molecule is CCN(CC)C(=O)c1cc2ccc(N3CCN(C4CCCC4)CC3)nc2[nH]1. The maximum absolute atomic E-state index is 12.6. The highest BCUT2D eigenvalue weighted by molar-refractivity contribution is 5.97. The third-order valence-electron chi connectivity index (χ3n) is 6.23. The van der Waals surface area contributed by atoms with Gasteiger partial charge in [0.1, 0.15) is 17.2 Å². The Balaban J connectivity index is 1.46. The lowest BCUT2D eigenvalue weighted by atomic mass is 10.2. The van der Waals surface area contributed by atoms with Crippen molar-refractivity contribution in [2.75, 3.05) is 44.2 Å². The molecule has 1 saturated carbocycles. The molecular weight excluding hydrogens is 338 g/mol. The molecule has 27 heavy (non-hydrogen) atoms. The van der Waals surface area contributed by atoms with E-state index in [1.54, 1.807) is 0 Å². The van der Waals surface area contributed by atoms with Crippen LogP contribution in [-0.4, -0.2) is 71.0 Å². The average molecular weight is 370 g/mol. The lowest BCUT2D eigenvalue weighted by Crippen LogP contribution is -2.49. The van der Waals surface area contributed by atoms with Gasteiger partial charge in [0.15, 0.2) is 0 Å². The Morgan fingerprint density at radius 2 is 1.85 bits per heavy atom. The monoisotopic (exact) mass is 369 g/mol. The molecule has 1 aliphatic heterocycles. The van der Waals surface area contributed by atoms with Crippen molar-refractivity contribution in [3.05, 3.63) is 23.9 Å². The van der Waals surface area contributed by atoms with Gasteiger partial charge in [0.05, 0.1) is 0 Å². The molecule has 1 saturated heterocycles. The van der Waals surface area contributed by atoms with Gasteiger partial charge in [-0.2, -0.15) is 0 Å². The Kier molecular flexibility index (Phi) is 5.34. The summed E-state index contributed by atoms with van der Waals surface area (Å²) in [6.07, 6.45) is 5.53. The minimum absolute atomic E-state index is 0.0460. The second kappa shape index (κ2) is 7.89. The van der Waals surface area contributed by atoms with E-state index in [4.69, 9.17) is 4.98 Å². The number of nitrogens with zero attached hydrogens (tertiary/aromatic N) is 4. The van der Waals surface area contributed by atoms with E-state index in [1.165, 1.54) is 25.7 Å². The van der Waals surface area contributed by atoms with Crippen LogP contribution in [0.25, 0.3) is 11.0 Å².